The molecule has 1 amide bonds. The molecule has 1 aliphatic heterocycles. The maximum atomic E-state index is 12.8. The second kappa shape index (κ2) is 7.05. The zero-order chi connectivity index (χ0) is 19.8. The van der Waals surface area contributed by atoms with Gasteiger partial charge in [0.05, 0.1) is 0 Å². The van der Waals surface area contributed by atoms with E-state index in [1.54, 1.807) is 6.20 Å². The highest BCUT2D eigenvalue weighted by Crippen LogP contribution is 2.21. The van der Waals surface area contributed by atoms with Crippen molar-refractivity contribution < 1.29 is 9.21 Å². The van der Waals surface area contributed by atoms with E-state index >= 15 is 0 Å². The average molecular weight is 388 g/mol. The molecule has 0 unspecified atom stereocenters. The molecule has 8 nitrogen and oxygen atoms in total. The molecule has 0 spiro atoms. The molecule has 0 atom stereocenters. The van der Waals surface area contributed by atoms with E-state index in [4.69, 9.17) is 4.42 Å². The Kier molecular flexibility index (Phi) is 4.23. The molecule has 1 saturated heterocycles. The van der Waals surface area contributed by atoms with Crippen LogP contribution in [0.4, 0.5) is 5.82 Å². The van der Waals surface area contributed by atoms with Crippen molar-refractivity contribution in [3.05, 3.63) is 66.4 Å². The summed E-state index contributed by atoms with van der Waals surface area (Å²) >= 11 is 0. The number of anilines is 1. The number of hydrogen-bond donors (Lipinski definition) is 0. The Morgan fingerprint density at radius 2 is 1.76 bits per heavy atom. The minimum Gasteiger partial charge on any atom is -0.451 e. The van der Waals surface area contributed by atoms with Crippen LogP contribution in [0, 0.1) is 6.92 Å². The SMILES string of the molecule is Cc1nccn1-c1ccc(N2CCN(C(=O)c3cc4ccccc4o3)CC2)nn1. The fourth-order valence-electron chi connectivity index (χ4n) is 3.62. The summed E-state index contributed by atoms with van der Waals surface area (Å²) in [6, 6.07) is 13.4. The number of fused-ring (bicyclic) bond motifs is 1. The summed E-state index contributed by atoms with van der Waals surface area (Å²) in [6.45, 7) is 4.54. The lowest BCUT2D eigenvalue weighted by Crippen LogP contribution is -2.49. The van der Waals surface area contributed by atoms with Gasteiger partial charge >= 0.3 is 0 Å². The van der Waals surface area contributed by atoms with E-state index in [1.165, 1.54) is 0 Å². The second-order valence-corrected chi connectivity index (χ2v) is 7.02. The van der Waals surface area contributed by atoms with Crippen molar-refractivity contribution in [3.8, 4) is 5.82 Å². The molecule has 0 radical (unpaired) electrons. The Morgan fingerprint density at radius 3 is 2.45 bits per heavy atom. The van der Waals surface area contributed by atoms with Gasteiger partial charge in [-0.3, -0.25) is 9.36 Å². The molecule has 4 aromatic rings. The van der Waals surface area contributed by atoms with Gasteiger partial charge in [-0.2, -0.15) is 0 Å². The molecule has 1 fully saturated rings. The Balaban J connectivity index is 1.25. The maximum absolute atomic E-state index is 12.8. The third kappa shape index (κ3) is 3.22. The molecule has 1 aromatic carbocycles. The molecule has 0 N–H and O–H groups in total. The summed E-state index contributed by atoms with van der Waals surface area (Å²) in [4.78, 5) is 21.0. The van der Waals surface area contributed by atoms with Crippen molar-refractivity contribution in [3.63, 3.8) is 0 Å². The van der Waals surface area contributed by atoms with Crippen LogP contribution in [0.5, 0.6) is 0 Å². The quantitative estimate of drug-likeness (QED) is 0.537. The molecule has 4 heterocycles. The Labute approximate surface area is 167 Å². The van der Waals surface area contributed by atoms with Crippen LogP contribution >= 0.6 is 0 Å². The first-order chi connectivity index (χ1) is 14.2. The number of carbonyl (C=O) groups excluding carboxylic acids is 1. The molecule has 146 valence electrons. The Morgan fingerprint density at radius 1 is 1.00 bits per heavy atom. The maximum Gasteiger partial charge on any atom is 0.289 e. The zero-order valence-electron chi connectivity index (χ0n) is 16.0. The number of aromatic nitrogens is 4. The predicted octanol–water partition coefficient (Wildman–Crippen LogP) is 2.68. The van der Waals surface area contributed by atoms with Gasteiger partial charge in [-0.25, -0.2) is 4.98 Å². The van der Waals surface area contributed by atoms with Gasteiger partial charge in [0, 0.05) is 44.0 Å². The summed E-state index contributed by atoms with van der Waals surface area (Å²) in [5.74, 6) is 2.73. The monoisotopic (exact) mass is 388 g/mol. The average Bonchev–Trinajstić information content (AvgIpc) is 3.39. The highest BCUT2D eigenvalue weighted by atomic mass is 16.3. The van der Waals surface area contributed by atoms with Crippen molar-refractivity contribution in [1.29, 1.82) is 0 Å². The molecule has 3 aromatic heterocycles. The van der Waals surface area contributed by atoms with Crippen molar-refractivity contribution in [1.82, 2.24) is 24.6 Å². The minimum atomic E-state index is -0.0714. The van der Waals surface area contributed by atoms with Crippen LogP contribution in [0.2, 0.25) is 0 Å². The van der Waals surface area contributed by atoms with Gasteiger partial charge in [0.2, 0.25) is 0 Å². The van der Waals surface area contributed by atoms with Crippen LogP contribution in [0.25, 0.3) is 16.8 Å². The van der Waals surface area contributed by atoms with Crippen molar-refractivity contribution in [2.24, 2.45) is 0 Å². The largest absolute Gasteiger partial charge is 0.451 e. The number of para-hydroxylation sites is 1. The van der Waals surface area contributed by atoms with Gasteiger partial charge in [-0.1, -0.05) is 18.2 Å². The molecular weight excluding hydrogens is 368 g/mol. The predicted molar refractivity (Wildman–Crippen MR) is 108 cm³/mol. The first-order valence-electron chi connectivity index (χ1n) is 9.56. The van der Waals surface area contributed by atoms with Crippen LogP contribution in [0.15, 0.2) is 59.3 Å². The van der Waals surface area contributed by atoms with Crippen LogP contribution in [-0.2, 0) is 0 Å². The van der Waals surface area contributed by atoms with Crippen molar-refractivity contribution in [2.45, 2.75) is 6.92 Å². The van der Waals surface area contributed by atoms with Gasteiger partial charge in [-0.05, 0) is 31.2 Å². The smallest absolute Gasteiger partial charge is 0.289 e. The van der Waals surface area contributed by atoms with E-state index in [9.17, 15) is 4.79 Å². The Hall–Kier alpha value is -3.68. The van der Waals surface area contributed by atoms with Crippen LogP contribution in [0.3, 0.4) is 0 Å². The Bertz CT molecular complexity index is 1120. The third-order valence-electron chi connectivity index (χ3n) is 5.24. The number of carbonyl (C=O) groups is 1. The van der Waals surface area contributed by atoms with Gasteiger partial charge in [0.25, 0.3) is 5.91 Å². The zero-order valence-corrected chi connectivity index (χ0v) is 16.0. The van der Waals surface area contributed by atoms with E-state index in [0.29, 0.717) is 31.9 Å². The van der Waals surface area contributed by atoms with Crippen molar-refractivity contribution in [2.75, 3.05) is 31.1 Å². The molecule has 0 saturated carbocycles. The highest BCUT2D eigenvalue weighted by molar-refractivity contribution is 5.96. The standard InChI is InChI=1S/C21H20N6O2/c1-15-22-8-9-27(15)20-7-6-19(23-24-20)25-10-12-26(13-11-25)21(28)18-14-16-4-2-3-5-17(16)29-18/h2-9,14H,10-13H2,1H3. The first-order valence-corrected chi connectivity index (χ1v) is 9.56. The summed E-state index contributed by atoms with van der Waals surface area (Å²) in [6.07, 6.45) is 3.60. The summed E-state index contributed by atoms with van der Waals surface area (Å²) in [5, 5.41) is 9.62. The topological polar surface area (TPSA) is 80.3 Å². The fraction of sp³-hybridized carbons (Fsp3) is 0.238. The van der Waals surface area contributed by atoms with E-state index in [-0.39, 0.29) is 5.91 Å². The molecule has 29 heavy (non-hydrogen) atoms. The molecular formula is C21H20N6O2. The molecule has 0 aliphatic carbocycles. The summed E-state index contributed by atoms with van der Waals surface area (Å²) < 4.78 is 7.61. The van der Waals surface area contributed by atoms with Crippen molar-refractivity contribution >= 4 is 22.7 Å². The van der Waals surface area contributed by atoms with E-state index in [1.807, 2.05) is 65.1 Å². The summed E-state index contributed by atoms with van der Waals surface area (Å²) in [7, 11) is 0. The molecule has 0 bridgehead atoms. The number of hydrogen-bond acceptors (Lipinski definition) is 6. The van der Waals surface area contributed by atoms with E-state index < -0.39 is 0 Å². The number of aryl methyl sites for hydroxylation is 1. The number of piperazine rings is 1. The number of amides is 1. The first kappa shape index (κ1) is 17.4. The van der Waals surface area contributed by atoms with Gasteiger partial charge < -0.3 is 14.2 Å². The molecule has 8 heteroatoms. The normalized spacial score (nSPS) is 14.5. The summed E-state index contributed by atoms with van der Waals surface area (Å²) in [5.41, 5.74) is 0.734. The van der Waals surface area contributed by atoms with Gasteiger partial charge in [0.1, 0.15) is 11.4 Å². The second-order valence-electron chi connectivity index (χ2n) is 7.02. The van der Waals surface area contributed by atoms with Crippen LogP contribution in [-0.4, -0.2) is 56.7 Å². The van der Waals surface area contributed by atoms with E-state index in [2.05, 4.69) is 20.1 Å². The number of imidazole rings is 1. The molecule has 5 rings (SSSR count). The third-order valence-corrected chi connectivity index (χ3v) is 5.24. The number of nitrogens with zero attached hydrogens (tertiary/aromatic N) is 6. The lowest BCUT2D eigenvalue weighted by atomic mass is 10.2. The lowest BCUT2D eigenvalue weighted by Gasteiger charge is -2.34. The number of rotatable bonds is 3. The number of furan rings is 1. The highest BCUT2D eigenvalue weighted by Gasteiger charge is 2.25. The number of benzene rings is 1. The van der Waals surface area contributed by atoms with Gasteiger partial charge in [-0.15, -0.1) is 10.2 Å². The van der Waals surface area contributed by atoms with Crippen LogP contribution in [0.1, 0.15) is 16.4 Å². The fourth-order valence-corrected chi connectivity index (χ4v) is 3.62. The molecule has 1 aliphatic rings. The lowest BCUT2D eigenvalue weighted by molar-refractivity contribution is 0.0717. The minimum absolute atomic E-state index is 0.0714. The van der Waals surface area contributed by atoms with Crippen LogP contribution < -0.4 is 4.90 Å². The van der Waals surface area contributed by atoms with E-state index in [0.717, 1.165) is 28.4 Å². The van der Waals surface area contributed by atoms with Gasteiger partial charge in [0.15, 0.2) is 17.4 Å².